The first kappa shape index (κ1) is 19.3. The Morgan fingerprint density at radius 2 is 1.83 bits per heavy atom. The highest BCUT2D eigenvalue weighted by atomic mass is 16.3. The maximum Gasteiger partial charge on any atom is 0.229 e. The molecule has 8 nitrogen and oxygen atoms in total. The van der Waals surface area contributed by atoms with Gasteiger partial charge in [0.25, 0.3) is 0 Å². The Kier molecular flexibility index (Phi) is 5.50. The lowest BCUT2D eigenvalue weighted by atomic mass is 10.2. The summed E-state index contributed by atoms with van der Waals surface area (Å²) in [6.45, 7) is 6.16. The molecule has 0 atom stereocenters. The van der Waals surface area contributed by atoms with E-state index >= 15 is 0 Å². The van der Waals surface area contributed by atoms with Crippen LogP contribution in [0.4, 0.5) is 11.8 Å². The van der Waals surface area contributed by atoms with Crippen molar-refractivity contribution in [2.45, 2.75) is 25.9 Å². The number of fused-ring (bicyclic) bond motifs is 1. The van der Waals surface area contributed by atoms with Crippen LogP contribution >= 0.6 is 0 Å². The van der Waals surface area contributed by atoms with Crippen LogP contribution in [0.5, 0.6) is 0 Å². The summed E-state index contributed by atoms with van der Waals surface area (Å²) in [4.78, 5) is 19.0. The molecule has 1 saturated heterocycles. The third-order valence-corrected chi connectivity index (χ3v) is 5.98. The third kappa shape index (κ3) is 4.24. The molecule has 1 saturated carbocycles. The standard InChI is InChI=1S/C22H29N7O/c30-13-12-27-8-10-28(11-9-27)22-25-20(23-14-17-4-2-1-3-5-17)19-21(26-22)29(16-24-19)15-18-6-7-18/h1-5,16,18,30H,6-15H2,(H,23,25,26). The van der Waals surface area contributed by atoms with Gasteiger partial charge in [0.1, 0.15) is 0 Å². The van der Waals surface area contributed by atoms with Gasteiger partial charge in [-0.25, -0.2) is 4.98 Å². The number of nitrogens with one attached hydrogen (secondary N) is 1. The fraction of sp³-hybridized carbons (Fsp3) is 0.500. The van der Waals surface area contributed by atoms with Crippen molar-refractivity contribution >= 4 is 22.9 Å². The third-order valence-electron chi connectivity index (χ3n) is 5.98. The average Bonchev–Trinajstić information content (AvgIpc) is 3.52. The molecule has 3 aromatic rings. The topological polar surface area (TPSA) is 82.3 Å². The van der Waals surface area contributed by atoms with Crippen molar-refractivity contribution < 1.29 is 5.11 Å². The minimum absolute atomic E-state index is 0.205. The number of hydrogen-bond donors (Lipinski definition) is 2. The summed E-state index contributed by atoms with van der Waals surface area (Å²) < 4.78 is 2.19. The Hall–Kier alpha value is -2.71. The summed E-state index contributed by atoms with van der Waals surface area (Å²) >= 11 is 0. The number of imidazole rings is 1. The number of β-amino-alcohol motifs (C(OH)–C–C–N with tert-alkyl or cyclic N) is 1. The number of hydrogen-bond acceptors (Lipinski definition) is 7. The second-order valence-electron chi connectivity index (χ2n) is 8.28. The average molecular weight is 408 g/mol. The van der Waals surface area contributed by atoms with E-state index in [-0.39, 0.29) is 6.61 Å². The molecule has 0 radical (unpaired) electrons. The minimum atomic E-state index is 0.205. The van der Waals surface area contributed by atoms with Gasteiger partial charge in [-0.05, 0) is 24.3 Å². The molecule has 2 fully saturated rings. The van der Waals surface area contributed by atoms with Crippen LogP contribution in [0.3, 0.4) is 0 Å². The zero-order valence-corrected chi connectivity index (χ0v) is 17.2. The number of nitrogens with zero attached hydrogens (tertiary/aromatic N) is 6. The van der Waals surface area contributed by atoms with E-state index in [1.165, 1.54) is 18.4 Å². The zero-order valence-electron chi connectivity index (χ0n) is 17.2. The second-order valence-corrected chi connectivity index (χ2v) is 8.28. The first-order valence-corrected chi connectivity index (χ1v) is 10.9. The molecule has 8 heteroatoms. The van der Waals surface area contributed by atoms with Crippen LogP contribution in [0, 0.1) is 5.92 Å². The summed E-state index contributed by atoms with van der Waals surface area (Å²) in [6, 6.07) is 10.3. The van der Waals surface area contributed by atoms with E-state index in [1.807, 2.05) is 24.5 Å². The van der Waals surface area contributed by atoms with Crippen LogP contribution in [0.25, 0.3) is 11.2 Å². The lowest BCUT2D eigenvalue weighted by Gasteiger charge is -2.34. The van der Waals surface area contributed by atoms with Gasteiger partial charge in [0, 0.05) is 45.8 Å². The van der Waals surface area contributed by atoms with E-state index in [1.54, 1.807) is 0 Å². The molecule has 0 amide bonds. The van der Waals surface area contributed by atoms with Gasteiger partial charge < -0.3 is 19.9 Å². The zero-order chi connectivity index (χ0) is 20.3. The maximum atomic E-state index is 9.20. The van der Waals surface area contributed by atoms with E-state index in [4.69, 9.17) is 9.97 Å². The lowest BCUT2D eigenvalue weighted by molar-refractivity contribution is 0.188. The Morgan fingerprint density at radius 3 is 2.57 bits per heavy atom. The number of rotatable bonds is 8. The fourth-order valence-corrected chi connectivity index (χ4v) is 4.00. The van der Waals surface area contributed by atoms with Crippen molar-refractivity contribution in [2.24, 2.45) is 5.92 Å². The van der Waals surface area contributed by atoms with Crippen LogP contribution in [0.1, 0.15) is 18.4 Å². The van der Waals surface area contributed by atoms with Crippen LogP contribution in [0.2, 0.25) is 0 Å². The monoisotopic (exact) mass is 407 g/mol. The van der Waals surface area contributed by atoms with Crippen molar-refractivity contribution in [3.8, 4) is 0 Å². The molecule has 30 heavy (non-hydrogen) atoms. The van der Waals surface area contributed by atoms with Crippen molar-refractivity contribution in [1.29, 1.82) is 0 Å². The summed E-state index contributed by atoms with van der Waals surface area (Å²) in [6.07, 6.45) is 4.50. The molecule has 158 valence electrons. The number of aromatic nitrogens is 4. The van der Waals surface area contributed by atoms with Crippen LogP contribution in [-0.4, -0.2) is 68.9 Å². The van der Waals surface area contributed by atoms with E-state index in [9.17, 15) is 5.11 Å². The molecule has 0 spiro atoms. The molecular formula is C22H29N7O. The van der Waals surface area contributed by atoms with Crippen LogP contribution in [0.15, 0.2) is 36.7 Å². The van der Waals surface area contributed by atoms with Gasteiger partial charge in [0.15, 0.2) is 17.0 Å². The molecule has 0 bridgehead atoms. The Balaban J connectivity index is 1.42. The van der Waals surface area contributed by atoms with Crippen molar-refractivity contribution in [3.63, 3.8) is 0 Å². The predicted octanol–water partition coefficient (Wildman–Crippen LogP) is 1.96. The quantitative estimate of drug-likeness (QED) is 0.591. The Morgan fingerprint density at radius 1 is 1.03 bits per heavy atom. The molecule has 1 aliphatic heterocycles. The fourth-order valence-electron chi connectivity index (χ4n) is 4.00. The SMILES string of the molecule is OCCN1CCN(c2nc(NCc3ccccc3)c3ncn(CC4CC4)c3n2)CC1. The van der Waals surface area contributed by atoms with Crippen LogP contribution < -0.4 is 10.2 Å². The highest BCUT2D eigenvalue weighted by molar-refractivity contribution is 5.84. The number of benzene rings is 1. The van der Waals surface area contributed by atoms with E-state index in [2.05, 4.69) is 36.8 Å². The Labute approximate surface area is 176 Å². The Bertz CT molecular complexity index is 978. The number of piperazine rings is 1. The van der Waals surface area contributed by atoms with Gasteiger partial charge in [-0.1, -0.05) is 30.3 Å². The maximum absolute atomic E-state index is 9.20. The van der Waals surface area contributed by atoms with Gasteiger partial charge in [-0.15, -0.1) is 0 Å². The molecule has 5 rings (SSSR count). The van der Waals surface area contributed by atoms with Crippen LogP contribution in [-0.2, 0) is 13.1 Å². The molecule has 0 unspecified atom stereocenters. The summed E-state index contributed by atoms with van der Waals surface area (Å²) in [7, 11) is 0. The van der Waals surface area contributed by atoms with Crippen molar-refractivity contribution in [2.75, 3.05) is 49.5 Å². The summed E-state index contributed by atoms with van der Waals surface area (Å²) in [5.74, 6) is 2.31. The highest BCUT2D eigenvalue weighted by Gasteiger charge is 2.25. The lowest BCUT2D eigenvalue weighted by Crippen LogP contribution is -2.47. The summed E-state index contributed by atoms with van der Waals surface area (Å²) in [5, 5.41) is 12.7. The minimum Gasteiger partial charge on any atom is -0.395 e. The van der Waals surface area contributed by atoms with Crippen molar-refractivity contribution in [1.82, 2.24) is 24.4 Å². The largest absolute Gasteiger partial charge is 0.395 e. The van der Waals surface area contributed by atoms with Gasteiger partial charge in [-0.3, -0.25) is 4.90 Å². The second kappa shape index (κ2) is 8.57. The predicted molar refractivity (Wildman–Crippen MR) is 118 cm³/mol. The number of aliphatic hydroxyl groups is 1. The molecule has 2 aliphatic rings. The van der Waals surface area contributed by atoms with E-state index in [0.29, 0.717) is 6.54 Å². The number of aliphatic hydroxyl groups excluding tert-OH is 1. The molecule has 2 aromatic heterocycles. The first-order valence-electron chi connectivity index (χ1n) is 10.9. The molecular weight excluding hydrogens is 378 g/mol. The van der Waals surface area contributed by atoms with Gasteiger partial charge in [0.2, 0.25) is 5.95 Å². The summed E-state index contributed by atoms with van der Waals surface area (Å²) in [5.41, 5.74) is 2.97. The highest BCUT2D eigenvalue weighted by Crippen LogP contribution is 2.32. The first-order chi connectivity index (χ1) is 14.8. The smallest absolute Gasteiger partial charge is 0.229 e. The van der Waals surface area contributed by atoms with E-state index < -0.39 is 0 Å². The molecule has 3 heterocycles. The van der Waals surface area contributed by atoms with E-state index in [0.717, 1.165) is 68.1 Å². The van der Waals surface area contributed by atoms with Gasteiger partial charge in [-0.2, -0.15) is 9.97 Å². The molecule has 1 aliphatic carbocycles. The number of anilines is 2. The van der Waals surface area contributed by atoms with Gasteiger partial charge in [0.05, 0.1) is 12.9 Å². The van der Waals surface area contributed by atoms with Gasteiger partial charge >= 0.3 is 0 Å². The normalized spacial score (nSPS) is 17.6. The molecule has 1 aromatic carbocycles. The molecule has 2 N–H and O–H groups in total. The van der Waals surface area contributed by atoms with Crippen molar-refractivity contribution in [3.05, 3.63) is 42.2 Å².